The molecule has 1 rings (SSSR count). The first-order valence-electron chi connectivity index (χ1n) is 15.8. The molecule has 8 heteroatoms. The van der Waals surface area contributed by atoms with Crippen molar-refractivity contribution in [3.05, 3.63) is 0 Å². The molecule has 1 saturated heterocycles. The molecule has 1 aliphatic heterocycles. The number of ether oxygens (including phenoxy) is 4. The Balaban J connectivity index is 2.25. The maximum atomic E-state index is 12.4. The number of hydrogen-bond acceptors (Lipinski definition) is 8. The van der Waals surface area contributed by atoms with Crippen LogP contribution in [0.1, 0.15) is 142 Å². The van der Waals surface area contributed by atoms with E-state index < -0.39 is 36.7 Å². The van der Waals surface area contributed by atoms with E-state index in [0.717, 1.165) is 38.5 Å². The van der Waals surface area contributed by atoms with Crippen LogP contribution < -0.4 is 0 Å². The zero-order valence-electron chi connectivity index (χ0n) is 25.1. The number of carbonyl (C=O) groups is 2. The van der Waals surface area contributed by atoms with Crippen LogP contribution in [-0.2, 0) is 28.5 Å². The number of rotatable bonds is 24. The highest BCUT2D eigenvalue weighted by atomic mass is 16.7. The third-order valence-corrected chi connectivity index (χ3v) is 7.52. The van der Waals surface area contributed by atoms with Crippen molar-refractivity contribution in [2.75, 3.05) is 13.7 Å². The zero-order chi connectivity index (χ0) is 28.7. The molecule has 0 aromatic rings. The summed E-state index contributed by atoms with van der Waals surface area (Å²) in [5, 5.41) is 21.2. The number of aliphatic hydroxyl groups excluding tert-OH is 2. The van der Waals surface area contributed by atoms with Gasteiger partial charge in [0.1, 0.15) is 24.9 Å². The second kappa shape index (κ2) is 23.5. The molecule has 0 radical (unpaired) electrons. The number of methoxy groups -OCH3 is 1. The Morgan fingerprint density at radius 1 is 0.641 bits per heavy atom. The summed E-state index contributed by atoms with van der Waals surface area (Å²) in [5.74, 6) is -0.808. The SMILES string of the molecule is CCCCCCCCCCCC(=O)OC[C@H]1O[C@H](OC)[C@H](OC(=O)CCCCCCCCCCC)[C@@H](O)[C@@H]1O. The van der Waals surface area contributed by atoms with Gasteiger partial charge in [0.15, 0.2) is 12.4 Å². The minimum atomic E-state index is -1.41. The van der Waals surface area contributed by atoms with Crippen molar-refractivity contribution >= 4 is 11.9 Å². The lowest BCUT2D eigenvalue weighted by atomic mass is 9.99. The first-order chi connectivity index (χ1) is 18.9. The minimum absolute atomic E-state index is 0.201. The van der Waals surface area contributed by atoms with Gasteiger partial charge >= 0.3 is 11.9 Å². The Morgan fingerprint density at radius 3 is 1.54 bits per heavy atom. The van der Waals surface area contributed by atoms with Gasteiger partial charge in [0, 0.05) is 20.0 Å². The fourth-order valence-electron chi connectivity index (χ4n) is 4.98. The Labute approximate surface area is 237 Å². The molecule has 8 nitrogen and oxygen atoms in total. The van der Waals surface area contributed by atoms with E-state index in [-0.39, 0.29) is 19.0 Å². The Hall–Kier alpha value is -1.22. The monoisotopic (exact) mass is 558 g/mol. The molecule has 0 amide bonds. The van der Waals surface area contributed by atoms with Crippen LogP contribution in [-0.4, -0.2) is 66.6 Å². The highest BCUT2D eigenvalue weighted by Crippen LogP contribution is 2.25. The van der Waals surface area contributed by atoms with Crippen molar-refractivity contribution in [2.45, 2.75) is 173 Å². The van der Waals surface area contributed by atoms with Crippen molar-refractivity contribution in [1.82, 2.24) is 0 Å². The first-order valence-corrected chi connectivity index (χ1v) is 15.8. The highest BCUT2D eigenvalue weighted by molar-refractivity contribution is 5.69. The fourth-order valence-corrected chi connectivity index (χ4v) is 4.98. The molecule has 1 fully saturated rings. The van der Waals surface area contributed by atoms with Crippen molar-refractivity contribution in [1.29, 1.82) is 0 Å². The molecule has 0 aliphatic carbocycles. The van der Waals surface area contributed by atoms with E-state index in [2.05, 4.69) is 13.8 Å². The van der Waals surface area contributed by atoms with Gasteiger partial charge in [-0.3, -0.25) is 9.59 Å². The van der Waals surface area contributed by atoms with E-state index >= 15 is 0 Å². The molecule has 230 valence electrons. The predicted molar refractivity (Wildman–Crippen MR) is 152 cm³/mol. The van der Waals surface area contributed by atoms with Crippen molar-refractivity contribution in [2.24, 2.45) is 0 Å². The zero-order valence-corrected chi connectivity index (χ0v) is 25.1. The molecule has 0 spiro atoms. The second-order valence-corrected chi connectivity index (χ2v) is 11.1. The predicted octanol–water partition coefficient (Wildman–Crippen LogP) is 6.38. The summed E-state index contributed by atoms with van der Waals surface area (Å²) in [6.07, 6.45) is 15.4. The van der Waals surface area contributed by atoms with Crippen LogP contribution in [0.2, 0.25) is 0 Å². The van der Waals surface area contributed by atoms with E-state index in [1.165, 1.54) is 84.2 Å². The summed E-state index contributed by atoms with van der Waals surface area (Å²) in [6, 6.07) is 0. The molecular formula is C31H58O8. The maximum absolute atomic E-state index is 12.4. The maximum Gasteiger partial charge on any atom is 0.306 e. The smallest absolute Gasteiger partial charge is 0.306 e. The summed E-state index contributed by atoms with van der Waals surface area (Å²) in [5.41, 5.74) is 0. The van der Waals surface area contributed by atoms with E-state index in [1.54, 1.807) is 0 Å². The summed E-state index contributed by atoms with van der Waals surface area (Å²) in [6.45, 7) is 4.22. The topological polar surface area (TPSA) is 112 Å². The average molecular weight is 559 g/mol. The first kappa shape index (κ1) is 35.8. The molecule has 0 aromatic carbocycles. The van der Waals surface area contributed by atoms with Crippen molar-refractivity contribution in [3.63, 3.8) is 0 Å². The van der Waals surface area contributed by atoms with Gasteiger partial charge in [-0.2, -0.15) is 0 Å². The van der Waals surface area contributed by atoms with Crippen LogP contribution >= 0.6 is 0 Å². The van der Waals surface area contributed by atoms with Crippen LogP contribution in [0.4, 0.5) is 0 Å². The van der Waals surface area contributed by atoms with Gasteiger partial charge in [0.05, 0.1) is 0 Å². The molecule has 5 atom stereocenters. The molecule has 0 saturated carbocycles. The number of hydrogen-bond donors (Lipinski definition) is 2. The summed E-state index contributed by atoms with van der Waals surface area (Å²) in [4.78, 5) is 24.5. The molecule has 0 unspecified atom stereocenters. The number of carbonyl (C=O) groups excluding carboxylic acids is 2. The van der Waals surface area contributed by atoms with Gasteiger partial charge in [-0.25, -0.2) is 0 Å². The molecule has 1 aliphatic rings. The standard InChI is InChI=1S/C31H58O8/c1-4-6-8-10-12-14-16-18-20-22-26(32)37-24-25-28(34)29(35)30(31(36-3)38-25)39-27(33)23-21-19-17-15-13-11-9-7-5-2/h25,28-31,34-35H,4-24H2,1-3H3/t25-,28-,29+,30-,31+/m1/s1. The summed E-state index contributed by atoms with van der Waals surface area (Å²) < 4.78 is 21.7. The van der Waals surface area contributed by atoms with Crippen LogP contribution in [0.5, 0.6) is 0 Å². The van der Waals surface area contributed by atoms with E-state index in [1.807, 2.05) is 0 Å². The molecule has 0 aromatic heterocycles. The number of aliphatic hydroxyl groups is 2. The number of unbranched alkanes of at least 4 members (excludes halogenated alkanes) is 16. The minimum Gasteiger partial charge on any atom is -0.463 e. The van der Waals surface area contributed by atoms with Crippen LogP contribution in [0.25, 0.3) is 0 Å². The van der Waals surface area contributed by atoms with E-state index in [9.17, 15) is 19.8 Å². The lowest BCUT2D eigenvalue weighted by Gasteiger charge is -2.41. The molecule has 2 N–H and O–H groups in total. The van der Waals surface area contributed by atoms with E-state index in [0.29, 0.717) is 6.42 Å². The second-order valence-electron chi connectivity index (χ2n) is 11.1. The lowest BCUT2D eigenvalue weighted by Crippen LogP contribution is -2.60. The molecule has 1 heterocycles. The van der Waals surface area contributed by atoms with Gasteiger partial charge in [0.2, 0.25) is 0 Å². The third-order valence-electron chi connectivity index (χ3n) is 7.52. The molecule has 0 bridgehead atoms. The number of esters is 2. The van der Waals surface area contributed by atoms with Crippen LogP contribution in [0, 0.1) is 0 Å². The summed E-state index contributed by atoms with van der Waals surface area (Å²) >= 11 is 0. The van der Waals surface area contributed by atoms with E-state index in [4.69, 9.17) is 18.9 Å². The quantitative estimate of drug-likeness (QED) is 0.104. The Morgan fingerprint density at radius 2 is 1.08 bits per heavy atom. The molecular weight excluding hydrogens is 500 g/mol. The van der Waals surface area contributed by atoms with Gasteiger partial charge < -0.3 is 29.2 Å². The fraction of sp³-hybridized carbons (Fsp3) is 0.935. The van der Waals surface area contributed by atoms with Crippen LogP contribution in [0.3, 0.4) is 0 Å². The van der Waals surface area contributed by atoms with Crippen LogP contribution in [0.15, 0.2) is 0 Å². The summed E-state index contributed by atoms with van der Waals surface area (Å²) in [7, 11) is 1.38. The van der Waals surface area contributed by atoms with Gasteiger partial charge in [-0.05, 0) is 12.8 Å². The Bertz CT molecular complexity index is 609. The normalized spacial score (nSPS) is 23.1. The van der Waals surface area contributed by atoms with Gasteiger partial charge in [0.25, 0.3) is 0 Å². The van der Waals surface area contributed by atoms with Crippen molar-refractivity contribution < 1.29 is 38.7 Å². The average Bonchev–Trinajstić information content (AvgIpc) is 2.93. The van der Waals surface area contributed by atoms with Crippen molar-refractivity contribution in [3.8, 4) is 0 Å². The van der Waals surface area contributed by atoms with Gasteiger partial charge in [-0.15, -0.1) is 0 Å². The largest absolute Gasteiger partial charge is 0.463 e. The highest BCUT2D eigenvalue weighted by Gasteiger charge is 2.47. The molecule has 39 heavy (non-hydrogen) atoms. The third kappa shape index (κ3) is 16.6. The van der Waals surface area contributed by atoms with Gasteiger partial charge in [-0.1, -0.05) is 117 Å². The lowest BCUT2D eigenvalue weighted by molar-refractivity contribution is -0.298. The Kier molecular flexibility index (Phi) is 21.6.